The molecule has 1 heterocycles. The first-order valence-corrected chi connectivity index (χ1v) is 10.4. The van der Waals surface area contributed by atoms with Gasteiger partial charge < -0.3 is 9.47 Å². The highest BCUT2D eigenvalue weighted by molar-refractivity contribution is 7.92. The predicted octanol–water partition coefficient (Wildman–Crippen LogP) is 3.18. The van der Waals surface area contributed by atoms with Gasteiger partial charge in [-0.05, 0) is 43.5 Å². The molecule has 0 saturated heterocycles. The number of nitrogens with zero attached hydrogens (tertiary/aromatic N) is 2. The van der Waals surface area contributed by atoms with Gasteiger partial charge in [-0.3, -0.25) is 4.72 Å². The lowest BCUT2D eigenvalue weighted by Crippen LogP contribution is -2.18. The van der Waals surface area contributed by atoms with Gasteiger partial charge in [-0.25, -0.2) is 13.1 Å². The van der Waals surface area contributed by atoms with Crippen LogP contribution in [0.2, 0.25) is 0 Å². The number of hydrogen-bond acceptors (Lipinski definition) is 5. The Hall–Kier alpha value is -3.00. The number of hydrogen-bond donors (Lipinski definition) is 1. The molecule has 146 valence electrons. The minimum absolute atomic E-state index is 0.0157. The second-order valence-corrected chi connectivity index (χ2v) is 8.15. The molecule has 0 unspecified atom stereocenters. The Morgan fingerprint density at radius 2 is 1.82 bits per heavy atom. The van der Waals surface area contributed by atoms with Crippen molar-refractivity contribution in [2.45, 2.75) is 24.2 Å². The molecule has 1 aromatic heterocycles. The highest BCUT2D eigenvalue weighted by atomic mass is 32.2. The summed E-state index contributed by atoms with van der Waals surface area (Å²) in [7, 11) is -1.00. The number of sulfonamides is 1. The van der Waals surface area contributed by atoms with Gasteiger partial charge in [-0.2, -0.15) is 5.10 Å². The third kappa shape index (κ3) is 3.20. The smallest absolute Gasteiger partial charge is 0.266 e. The second kappa shape index (κ2) is 7.20. The molecule has 0 saturated carbocycles. The Morgan fingerprint density at radius 3 is 2.54 bits per heavy atom. The fourth-order valence-electron chi connectivity index (χ4n) is 3.43. The Bertz CT molecular complexity index is 1110. The van der Waals surface area contributed by atoms with E-state index in [1.54, 1.807) is 16.8 Å². The molecule has 4 rings (SSSR count). The number of fused-ring (bicyclic) bond motifs is 1. The summed E-state index contributed by atoms with van der Waals surface area (Å²) >= 11 is 0. The van der Waals surface area contributed by atoms with E-state index in [0.717, 1.165) is 36.2 Å². The first-order valence-electron chi connectivity index (χ1n) is 8.94. The number of nitrogens with one attached hydrogen (secondary N) is 1. The summed E-state index contributed by atoms with van der Waals surface area (Å²) < 4.78 is 41.3. The molecule has 0 amide bonds. The standard InChI is InChI=1S/C20H21N3O4S/c1-26-15-11-12-18(27-2)19(13-15)28(24,25)22-20-16-9-6-10-17(16)21-23(20)14-7-4-3-5-8-14/h3-5,7-8,11-13,22H,6,9-10H2,1-2H3. The van der Waals surface area contributed by atoms with E-state index in [1.165, 1.54) is 20.3 Å². The van der Waals surface area contributed by atoms with Crippen molar-refractivity contribution in [2.24, 2.45) is 0 Å². The van der Waals surface area contributed by atoms with Crippen molar-refractivity contribution in [3.8, 4) is 17.2 Å². The van der Waals surface area contributed by atoms with Crippen LogP contribution in [-0.2, 0) is 22.9 Å². The van der Waals surface area contributed by atoms with Gasteiger partial charge >= 0.3 is 0 Å². The maximum Gasteiger partial charge on any atom is 0.266 e. The molecule has 1 aliphatic carbocycles. The van der Waals surface area contributed by atoms with Gasteiger partial charge in [-0.1, -0.05) is 18.2 Å². The molecule has 28 heavy (non-hydrogen) atoms. The van der Waals surface area contributed by atoms with Crippen LogP contribution in [0.1, 0.15) is 17.7 Å². The van der Waals surface area contributed by atoms with Crippen molar-refractivity contribution in [1.29, 1.82) is 0 Å². The molecule has 1 aliphatic rings. The van der Waals surface area contributed by atoms with E-state index in [4.69, 9.17) is 9.47 Å². The third-order valence-corrected chi connectivity index (χ3v) is 6.16. The summed E-state index contributed by atoms with van der Waals surface area (Å²) in [5, 5.41) is 4.65. The second-order valence-electron chi connectivity index (χ2n) is 6.50. The van der Waals surface area contributed by atoms with E-state index in [1.807, 2.05) is 30.3 Å². The number of rotatable bonds is 6. The van der Waals surface area contributed by atoms with Gasteiger partial charge in [0, 0.05) is 11.6 Å². The monoisotopic (exact) mass is 399 g/mol. The van der Waals surface area contributed by atoms with Gasteiger partial charge in [0.1, 0.15) is 22.2 Å². The zero-order valence-electron chi connectivity index (χ0n) is 15.7. The SMILES string of the molecule is COc1ccc(OC)c(S(=O)(=O)Nc2c3c(nn2-c2ccccc2)CCC3)c1. The van der Waals surface area contributed by atoms with Gasteiger partial charge in [0.05, 0.1) is 25.6 Å². The van der Waals surface area contributed by atoms with Crippen LogP contribution < -0.4 is 14.2 Å². The van der Waals surface area contributed by atoms with Crippen LogP contribution >= 0.6 is 0 Å². The Labute approximate surface area is 164 Å². The fourth-order valence-corrected chi connectivity index (χ4v) is 4.69. The number of para-hydroxylation sites is 1. The lowest BCUT2D eigenvalue weighted by Gasteiger charge is -2.15. The van der Waals surface area contributed by atoms with Crippen LogP contribution in [0, 0.1) is 0 Å². The molecule has 2 aromatic carbocycles. The van der Waals surface area contributed by atoms with Crippen molar-refractivity contribution in [3.05, 3.63) is 59.8 Å². The van der Waals surface area contributed by atoms with Crippen molar-refractivity contribution >= 4 is 15.8 Å². The Kier molecular flexibility index (Phi) is 4.72. The van der Waals surface area contributed by atoms with Crippen LogP contribution in [-0.4, -0.2) is 32.4 Å². The Balaban J connectivity index is 1.81. The van der Waals surface area contributed by atoms with Gasteiger partial charge in [0.25, 0.3) is 10.0 Å². The number of aromatic nitrogens is 2. The number of anilines is 1. The van der Waals surface area contributed by atoms with E-state index in [2.05, 4.69) is 9.82 Å². The largest absolute Gasteiger partial charge is 0.497 e. The summed E-state index contributed by atoms with van der Waals surface area (Å²) in [6.45, 7) is 0. The molecule has 7 nitrogen and oxygen atoms in total. The topological polar surface area (TPSA) is 82.4 Å². The molecule has 1 N–H and O–H groups in total. The van der Waals surface area contributed by atoms with E-state index >= 15 is 0 Å². The lowest BCUT2D eigenvalue weighted by atomic mass is 10.2. The summed E-state index contributed by atoms with van der Waals surface area (Å²) in [5.74, 6) is 1.15. The Morgan fingerprint density at radius 1 is 1.04 bits per heavy atom. The fraction of sp³-hybridized carbons (Fsp3) is 0.250. The van der Waals surface area contributed by atoms with E-state index in [9.17, 15) is 8.42 Å². The highest BCUT2D eigenvalue weighted by Crippen LogP contribution is 2.34. The first kappa shape index (κ1) is 18.4. The summed E-state index contributed by atoms with van der Waals surface area (Å²) in [6, 6.07) is 14.2. The van der Waals surface area contributed by atoms with Crippen LogP contribution in [0.4, 0.5) is 5.82 Å². The first-order chi connectivity index (χ1) is 13.5. The van der Waals surface area contributed by atoms with Gasteiger partial charge in [0.15, 0.2) is 0 Å². The minimum atomic E-state index is -3.93. The van der Waals surface area contributed by atoms with Crippen molar-refractivity contribution in [1.82, 2.24) is 9.78 Å². The lowest BCUT2D eigenvalue weighted by molar-refractivity contribution is 0.392. The summed E-state index contributed by atoms with van der Waals surface area (Å²) in [4.78, 5) is 0.0157. The molecule has 0 fully saturated rings. The molecular formula is C20H21N3O4S. The van der Waals surface area contributed by atoms with E-state index in [0.29, 0.717) is 11.6 Å². The molecule has 0 spiro atoms. The molecule has 3 aromatic rings. The molecular weight excluding hydrogens is 378 g/mol. The van der Waals surface area contributed by atoms with Gasteiger partial charge in [0.2, 0.25) is 0 Å². The summed E-state index contributed by atoms with van der Waals surface area (Å²) in [6.07, 6.45) is 2.59. The summed E-state index contributed by atoms with van der Waals surface area (Å²) in [5.41, 5.74) is 2.67. The average Bonchev–Trinajstić information content (AvgIpc) is 3.30. The van der Waals surface area contributed by atoms with Crippen LogP contribution in [0.5, 0.6) is 11.5 Å². The maximum atomic E-state index is 13.2. The number of benzene rings is 2. The quantitative estimate of drug-likeness (QED) is 0.688. The van der Waals surface area contributed by atoms with Crippen LogP contribution in [0.15, 0.2) is 53.4 Å². The van der Waals surface area contributed by atoms with Crippen LogP contribution in [0.3, 0.4) is 0 Å². The van der Waals surface area contributed by atoms with E-state index < -0.39 is 10.0 Å². The highest BCUT2D eigenvalue weighted by Gasteiger charge is 2.28. The third-order valence-electron chi connectivity index (χ3n) is 4.80. The zero-order valence-corrected chi connectivity index (χ0v) is 16.5. The van der Waals surface area contributed by atoms with Crippen molar-refractivity contribution in [3.63, 3.8) is 0 Å². The molecule has 0 bridgehead atoms. The molecule has 0 radical (unpaired) electrons. The van der Waals surface area contributed by atoms with Crippen molar-refractivity contribution < 1.29 is 17.9 Å². The molecule has 8 heteroatoms. The van der Waals surface area contributed by atoms with E-state index in [-0.39, 0.29) is 10.6 Å². The minimum Gasteiger partial charge on any atom is -0.497 e. The number of ether oxygens (including phenoxy) is 2. The number of methoxy groups -OCH3 is 2. The normalized spacial score (nSPS) is 13.2. The maximum absolute atomic E-state index is 13.2. The average molecular weight is 399 g/mol. The van der Waals surface area contributed by atoms with Crippen molar-refractivity contribution in [2.75, 3.05) is 18.9 Å². The zero-order chi connectivity index (χ0) is 19.7. The van der Waals surface area contributed by atoms with Gasteiger partial charge in [-0.15, -0.1) is 0 Å². The predicted molar refractivity (Wildman–Crippen MR) is 106 cm³/mol. The molecule has 0 atom stereocenters. The van der Waals surface area contributed by atoms with Crippen LogP contribution in [0.25, 0.3) is 5.69 Å². The molecule has 0 aliphatic heterocycles. The number of aryl methyl sites for hydroxylation is 1.